The first kappa shape index (κ1) is 12.0. The second kappa shape index (κ2) is 5.72. The van der Waals surface area contributed by atoms with Crippen molar-refractivity contribution in [1.82, 2.24) is 5.32 Å². The Bertz CT molecular complexity index is 516. The van der Waals surface area contributed by atoms with E-state index in [0.29, 0.717) is 18.1 Å². The van der Waals surface area contributed by atoms with E-state index in [2.05, 4.69) is 5.32 Å². The molecule has 0 fully saturated rings. The van der Waals surface area contributed by atoms with E-state index in [-0.39, 0.29) is 0 Å². The summed E-state index contributed by atoms with van der Waals surface area (Å²) in [6.45, 7) is 0.430. The zero-order valence-electron chi connectivity index (χ0n) is 9.80. The van der Waals surface area contributed by atoms with Gasteiger partial charge < -0.3 is 15.8 Å². The van der Waals surface area contributed by atoms with Gasteiger partial charge in [0.1, 0.15) is 6.61 Å². The third kappa shape index (κ3) is 3.25. The van der Waals surface area contributed by atoms with E-state index in [9.17, 15) is 4.79 Å². The van der Waals surface area contributed by atoms with Gasteiger partial charge in [0.25, 0.3) is 0 Å². The van der Waals surface area contributed by atoms with Crippen molar-refractivity contribution in [2.45, 2.75) is 6.61 Å². The molecule has 1 aromatic rings. The van der Waals surface area contributed by atoms with E-state index >= 15 is 0 Å². The lowest BCUT2D eigenvalue weighted by molar-refractivity contribution is -0.114. The highest BCUT2D eigenvalue weighted by Crippen LogP contribution is 2.09. The molecule has 1 amide bonds. The summed E-state index contributed by atoms with van der Waals surface area (Å²) in [6.07, 6.45) is 6.61. The summed E-state index contributed by atoms with van der Waals surface area (Å²) in [6, 6.07) is 9.78. The van der Waals surface area contributed by atoms with Crippen LogP contribution in [0.5, 0.6) is 0 Å². The van der Waals surface area contributed by atoms with E-state index in [0.717, 1.165) is 5.56 Å². The van der Waals surface area contributed by atoms with Crippen molar-refractivity contribution in [3.8, 4) is 0 Å². The summed E-state index contributed by atoms with van der Waals surface area (Å²) in [5, 5.41) is 2.94. The third-order valence-electron chi connectivity index (χ3n) is 2.41. The predicted molar refractivity (Wildman–Crippen MR) is 68.9 cm³/mol. The standard InChI is InChI=1S/C14H14N2O2/c15-14(17)12-7-4-8-16-13(9-12)18-10-11-5-2-1-3-6-11/h1-9,16H,10H2,(H2,15,17). The van der Waals surface area contributed by atoms with E-state index in [4.69, 9.17) is 10.5 Å². The molecule has 0 spiro atoms. The molecule has 0 bridgehead atoms. The first-order chi connectivity index (χ1) is 8.75. The Morgan fingerprint density at radius 3 is 2.78 bits per heavy atom. The van der Waals surface area contributed by atoms with Crippen LogP contribution in [0.15, 0.2) is 66.2 Å². The highest BCUT2D eigenvalue weighted by Gasteiger charge is 2.06. The van der Waals surface area contributed by atoms with Gasteiger partial charge in [-0.1, -0.05) is 30.3 Å². The van der Waals surface area contributed by atoms with E-state index < -0.39 is 5.91 Å². The summed E-state index contributed by atoms with van der Waals surface area (Å²) in [7, 11) is 0. The number of allylic oxidation sites excluding steroid dienone is 2. The first-order valence-electron chi connectivity index (χ1n) is 5.57. The molecule has 0 aliphatic carbocycles. The topological polar surface area (TPSA) is 64.4 Å². The quantitative estimate of drug-likeness (QED) is 0.842. The van der Waals surface area contributed by atoms with Gasteiger partial charge in [-0.15, -0.1) is 0 Å². The molecule has 1 aliphatic heterocycles. The average molecular weight is 242 g/mol. The normalized spacial score (nSPS) is 14.0. The molecule has 4 nitrogen and oxygen atoms in total. The van der Waals surface area contributed by atoms with Crippen molar-refractivity contribution in [3.05, 3.63) is 71.8 Å². The Hall–Kier alpha value is -2.49. The third-order valence-corrected chi connectivity index (χ3v) is 2.41. The SMILES string of the molecule is NC(=O)C1=CC=CNC(OCc2ccccc2)=C1. The molecule has 92 valence electrons. The predicted octanol–water partition coefficient (Wildman–Crippen LogP) is 1.57. The largest absolute Gasteiger partial charge is 0.474 e. The molecular weight excluding hydrogens is 228 g/mol. The highest BCUT2D eigenvalue weighted by molar-refractivity contribution is 5.95. The van der Waals surface area contributed by atoms with Crippen LogP contribution in [-0.4, -0.2) is 5.91 Å². The number of hydrogen-bond donors (Lipinski definition) is 2. The minimum Gasteiger partial charge on any atom is -0.474 e. The average Bonchev–Trinajstić information content (AvgIpc) is 2.63. The van der Waals surface area contributed by atoms with Crippen LogP contribution in [0.25, 0.3) is 0 Å². The van der Waals surface area contributed by atoms with E-state index in [1.54, 1.807) is 24.4 Å². The number of benzene rings is 1. The van der Waals surface area contributed by atoms with E-state index in [1.165, 1.54) is 0 Å². The number of amides is 1. The van der Waals surface area contributed by atoms with Crippen molar-refractivity contribution in [2.24, 2.45) is 5.73 Å². The molecule has 0 saturated carbocycles. The molecule has 1 aliphatic rings. The maximum atomic E-state index is 11.1. The van der Waals surface area contributed by atoms with Crippen LogP contribution in [0.3, 0.4) is 0 Å². The van der Waals surface area contributed by atoms with Gasteiger partial charge in [-0.2, -0.15) is 0 Å². The van der Waals surface area contributed by atoms with Crippen LogP contribution in [-0.2, 0) is 16.1 Å². The van der Waals surface area contributed by atoms with Gasteiger partial charge in [-0.25, -0.2) is 0 Å². The first-order valence-corrected chi connectivity index (χ1v) is 5.57. The van der Waals surface area contributed by atoms with Gasteiger partial charge in [0, 0.05) is 17.8 Å². The number of hydrogen-bond acceptors (Lipinski definition) is 3. The highest BCUT2D eigenvalue weighted by atomic mass is 16.5. The van der Waals surface area contributed by atoms with Crippen molar-refractivity contribution < 1.29 is 9.53 Å². The summed E-state index contributed by atoms with van der Waals surface area (Å²) >= 11 is 0. The minimum absolute atomic E-state index is 0.402. The lowest BCUT2D eigenvalue weighted by Gasteiger charge is -2.09. The van der Waals surface area contributed by atoms with Crippen molar-refractivity contribution in [3.63, 3.8) is 0 Å². The number of rotatable bonds is 4. The summed E-state index contributed by atoms with van der Waals surface area (Å²) < 4.78 is 5.58. The molecule has 0 radical (unpaired) electrons. The maximum absolute atomic E-state index is 11.1. The maximum Gasteiger partial charge on any atom is 0.248 e. The molecule has 18 heavy (non-hydrogen) atoms. The summed E-state index contributed by atoms with van der Waals surface area (Å²) in [5.41, 5.74) is 6.69. The molecule has 3 N–H and O–H groups in total. The second-order valence-corrected chi connectivity index (χ2v) is 3.77. The number of primary amides is 1. The molecular formula is C14H14N2O2. The number of ether oxygens (including phenoxy) is 1. The number of nitrogens with two attached hydrogens (primary N) is 1. The summed E-state index contributed by atoms with van der Waals surface area (Å²) in [5.74, 6) is 0.0156. The lowest BCUT2D eigenvalue weighted by atomic mass is 10.2. The molecule has 0 atom stereocenters. The fourth-order valence-corrected chi connectivity index (χ4v) is 1.48. The minimum atomic E-state index is -0.482. The Labute approximate surface area is 105 Å². The zero-order chi connectivity index (χ0) is 12.8. The lowest BCUT2D eigenvalue weighted by Crippen LogP contribution is -2.14. The smallest absolute Gasteiger partial charge is 0.248 e. The molecule has 2 rings (SSSR count). The van der Waals surface area contributed by atoms with Crippen LogP contribution < -0.4 is 11.1 Å². The molecule has 0 aromatic heterocycles. The fraction of sp³-hybridized carbons (Fsp3) is 0.0714. The molecule has 4 heteroatoms. The summed E-state index contributed by atoms with van der Waals surface area (Å²) in [4.78, 5) is 11.1. The van der Waals surface area contributed by atoms with Crippen molar-refractivity contribution >= 4 is 5.91 Å². The van der Waals surface area contributed by atoms with Crippen LogP contribution in [0.4, 0.5) is 0 Å². The number of carbonyl (C=O) groups excluding carboxylic acids is 1. The van der Waals surface area contributed by atoms with Crippen molar-refractivity contribution in [1.29, 1.82) is 0 Å². The van der Waals surface area contributed by atoms with Gasteiger partial charge >= 0.3 is 0 Å². The van der Waals surface area contributed by atoms with E-state index in [1.807, 2.05) is 30.3 Å². The van der Waals surface area contributed by atoms with Gasteiger partial charge in [0.15, 0.2) is 5.88 Å². The Kier molecular flexibility index (Phi) is 3.81. The van der Waals surface area contributed by atoms with Gasteiger partial charge in [0.2, 0.25) is 5.91 Å². The molecule has 0 saturated heterocycles. The number of nitrogens with one attached hydrogen (secondary N) is 1. The van der Waals surface area contributed by atoms with Gasteiger partial charge in [0.05, 0.1) is 0 Å². The molecule has 0 unspecified atom stereocenters. The van der Waals surface area contributed by atoms with Crippen LogP contribution in [0, 0.1) is 0 Å². The fourth-order valence-electron chi connectivity index (χ4n) is 1.48. The number of carbonyl (C=O) groups is 1. The second-order valence-electron chi connectivity index (χ2n) is 3.77. The Balaban J connectivity index is 2.03. The van der Waals surface area contributed by atoms with Crippen LogP contribution >= 0.6 is 0 Å². The van der Waals surface area contributed by atoms with Crippen molar-refractivity contribution in [2.75, 3.05) is 0 Å². The van der Waals surface area contributed by atoms with Gasteiger partial charge in [-0.3, -0.25) is 4.79 Å². The zero-order valence-corrected chi connectivity index (χ0v) is 9.80. The van der Waals surface area contributed by atoms with Crippen LogP contribution in [0.1, 0.15) is 5.56 Å². The molecule has 1 heterocycles. The van der Waals surface area contributed by atoms with Gasteiger partial charge in [-0.05, 0) is 17.7 Å². The Morgan fingerprint density at radius 2 is 2.06 bits per heavy atom. The Morgan fingerprint density at radius 1 is 1.28 bits per heavy atom. The monoisotopic (exact) mass is 242 g/mol. The molecule has 1 aromatic carbocycles. The van der Waals surface area contributed by atoms with Crippen LogP contribution in [0.2, 0.25) is 0 Å².